The molecule has 0 radical (unpaired) electrons. The molecule has 0 unspecified atom stereocenters. The lowest BCUT2D eigenvalue weighted by molar-refractivity contribution is 0.461. The fourth-order valence-electron chi connectivity index (χ4n) is 4.04. The average Bonchev–Trinajstić information content (AvgIpc) is 3.15. The van der Waals surface area contributed by atoms with Gasteiger partial charge >= 0.3 is 0 Å². The van der Waals surface area contributed by atoms with E-state index in [0.717, 1.165) is 40.7 Å². The fourth-order valence-corrected chi connectivity index (χ4v) is 4.04. The third-order valence-corrected chi connectivity index (χ3v) is 5.69. The van der Waals surface area contributed by atoms with Crippen molar-refractivity contribution in [3.63, 3.8) is 0 Å². The first-order valence-corrected chi connectivity index (χ1v) is 11.3. The molecule has 0 bridgehead atoms. The number of unbranched alkanes of at least 4 members (excludes halogenated alkanes) is 9. The molecule has 1 N–H and O–H groups in total. The number of rotatable bonds is 12. The van der Waals surface area contributed by atoms with Gasteiger partial charge in [0.05, 0.1) is 5.52 Å². The fraction of sp³-hybridized carbons (Fsp3) is 0.520. The molecule has 0 saturated heterocycles. The highest BCUT2D eigenvalue weighted by Crippen LogP contribution is 2.30. The lowest BCUT2D eigenvalue weighted by atomic mass is 10.0. The maximum absolute atomic E-state index is 10.9. The predicted octanol–water partition coefficient (Wildman–Crippen LogP) is 6.90. The monoisotopic (exact) mass is 393 g/mol. The zero-order valence-electron chi connectivity index (χ0n) is 18.0. The van der Waals surface area contributed by atoms with Gasteiger partial charge in [-0.15, -0.1) is 5.10 Å². The molecule has 29 heavy (non-hydrogen) atoms. The van der Waals surface area contributed by atoms with E-state index in [1.807, 2.05) is 30.3 Å². The molecule has 1 aromatic heterocycles. The van der Waals surface area contributed by atoms with E-state index in [1.165, 1.54) is 57.8 Å². The molecule has 3 rings (SSSR count). The van der Waals surface area contributed by atoms with Gasteiger partial charge in [0.25, 0.3) is 0 Å². The van der Waals surface area contributed by atoms with E-state index in [-0.39, 0.29) is 0 Å². The number of fused-ring (bicyclic) bond motifs is 1. The van der Waals surface area contributed by atoms with E-state index < -0.39 is 0 Å². The summed E-state index contributed by atoms with van der Waals surface area (Å²) >= 11 is 0. The summed E-state index contributed by atoms with van der Waals surface area (Å²) in [6, 6.07) is 11.9. The van der Waals surface area contributed by atoms with Crippen LogP contribution in [0.15, 0.2) is 36.4 Å². The second-order valence-electron chi connectivity index (χ2n) is 8.21. The van der Waals surface area contributed by atoms with Crippen LogP contribution in [0, 0.1) is 6.92 Å². The normalized spacial score (nSPS) is 11.4. The first-order valence-electron chi connectivity index (χ1n) is 11.3. The van der Waals surface area contributed by atoms with Gasteiger partial charge < -0.3 is 5.11 Å². The molecule has 4 heteroatoms. The molecule has 0 aliphatic rings. The number of benzene rings is 2. The summed E-state index contributed by atoms with van der Waals surface area (Å²) in [7, 11) is 0. The zero-order valence-corrected chi connectivity index (χ0v) is 18.0. The first kappa shape index (κ1) is 21.4. The van der Waals surface area contributed by atoms with Gasteiger partial charge in [-0.1, -0.05) is 88.1 Å². The van der Waals surface area contributed by atoms with Crippen molar-refractivity contribution in [2.24, 2.45) is 0 Å². The smallest absolute Gasteiger partial charge is 0.144 e. The summed E-state index contributed by atoms with van der Waals surface area (Å²) in [5, 5.41) is 19.4. The molecule has 0 atom stereocenters. The first-order chi connectivity index (χ1) is 14.2. The Hall–Kier alpha value is -2.36. The van der Waals surface area contributed by atoms with E-state index in [1.54, 1.807) is 4.68 Å². The van der Waals surface area contributed by atoms with Gasteiger partial charge in [-0.3, -0.25) is 0 Å². The molecule has 2 aromatic carbocycles. The Morgan fingerprint density at radius 1 is 0.862 bits per heavy atom. The number of phenols is 1. The molecule has 156 valence electrons. The van der Waals surface area contributed by atoms with Gasteiger partial charge in [0, 0.05) is 0 Å². The zero-order chi connectivity index (χ0) is 20.5. The van der Waals surface area contributed by atoms with Crippen molar-refractivity contribution in [3.8, 4) is 11.4 Å². The molecule has 0 saturated carbocycles. The van der Waals surface area contributed by atoms with Crippen molar-refractivity contribution in [2.75, 3.05) is 0 Å². The molecule has 0 aliphatic heterocycles. The van der Waals surface area contributed by atoms with Crippen LogP contribution in [-0.2, 0) is 6.42 Å². The molecular formula is C25H35N3O. The number of nitrogens with zero attached hydrogens (tertiary/aromatic N) is 3. The summed E-state index contributed by atoms with van der Waals surface area (Å²) in [5.41, 5.74) is 4.63. The average molecular weight is 394 g/mol. The Bertz CT molecular complexity index is 900. The largest absolute Gasteiger partial charge is 0.505 e. The van der Waals surface area contributed by atoms with E-state index in [2.05, 4.69) is 30.2 Å². The third-order valence-electron chi connectivity index (χ3n) is 5.69. The van der Waals surface area contributed by atoms with Crippen molar-refractivity contribution < 1.29 is 5.11 Å². The summed E-state index contributed by atoms with van der Waals surface area (Å²) in [6.45, 7) is 4.34. The van der Waals surface area contributed by atoms with Crippen LogP contribution in [0.3, 0.4) is 0 Å². The number of hydrogen-bond donors (Lipinski definition) is 1. The molecular weight excluding hydrogens is 358 g/mol. The van der Waals surface area contributed by atoms with Crippen molar-refractivity contribution >= 4 is 11.0 Å². The van der Waals surface area contributed by atoms with Crippen molar-refractivity contribution in [1.82, 2.24) is 15.0 Å². The maximum atomic E-state index is 10.9. The van der Waals surface area contributed by atoms with E-state index in [9.17, 15) is 5.11 Å². The van der Waals surface area contributed by atoms with Gasteiger partial charge in [0.2, 0.25) is 0 Å². The van der Waals surface area contributed by atoms with Crippen LogP contribution in [0.5, 0.6) is 5.75 Å². The number of hydrogen-bond acceptors (Lipinski definition) is 3. The molecule has 1 heterocycles. The number of aromatic hydroxyl groups is 1. The van der Waals surface area contributed by atoms with E-state index in [0.29, 0.717) is 5.75 Å². The number of aryl methyl sites for hydroxylation is 2. The van der Waals surface area contributed by atoms with Crippen LogP contribution < -0.4 is 0 Å². The summed E-state index contributed by atoms with van der Waals surface area (Å²) in [5.74, 6) is 0.335. The lowest BCUT2D eigenvalue weighted by Crippen LogP contribution is -2.00. The Balaban J connectivity index is 1.53. The molecule has 0 aliphatic carbocycles. The van der Waals surface area contributed by atoms with Crippen LogP contribution in [0.4, 0.5) is 0 Å². The van der Waals surface area contributed by atoms with Crippen LogP contribution in [0.1, 0.15) is 82.3 Å². The van der Waals surface area contributed by atoms with Crippen molar-refractivity contribution in [2.45, 2.75) is 84.5 Å². The third kappa shape index (κ3) is 5.81. The maximum Gasteiger partial charge on any atom is 0.144 e. The second-order valence-corrected chi connectivity index (χ2v) is 8.21. The highest BCUT2D eigenvalue weighted by Gasteiger charge is 2.14. The van der Waals surface area contributed by atoms with Crippen LogP contribution in [0.2, 0.25) is 0 Å². The molecule has 0 amide bonds. The van der Waals surface area contributed by atoms with Gasteiger partial charge in [-0.25, -0.2) is 4.68 Å². The highest BCUT2D eigenvalue weighted by molar-refractivity contribution is 5.76. The standard InChI is InChI=1S/C25H35N3O/c1-3-4-5-6-7-8-9-10-11-12-15-21-18-20(2)19-24(25(21)29)28-23-17-14-13-16-22(23)26-27-28/h13-14,16-19,29H,3-12,15H2,1-2H3. The summed E-state index contributed by atoms with van der Waals surface area (Å²) in [6.07, 6.45) is 14.1. The van der Waals surface area contributed by atoms with E-state index in [4.69, 9.17) is 0 Å². The Kier molecular flexibility index (Phi) is 8.09. The Morgan fingerprint density at radius 3 is 2.24 bits per heavy atom. The molecule has 4 nitrogen and oxygen atoms in total. The van der Waals surface area contributed by atoms with Gasteiger partial charge in [0.1, 0.15) is 17.0 Å². The second kappa shape index (κ2) is 11.0. The quantitative estimate of drug-likeness (QED) is 0.341. The lowest BCUT2D eigenvalue weighted by Gasteiger charge is -2.12. The van der Waals surface area contributed by atoms with Crippen molar-refractivity contribution in [1.29, 1.82) is 0 Å². The minimum Gasteiger partial charge on any atom is -0.505 e. The van der Waals surface area contributed by atoms with Crippen molar-refractivity contribution in [3.05, 3.63) is 47.5 Å². The van der Waals surface area contributed by atoms with Gasteiger partial charge in [-0.2, -0.15) is 0 Å². The number of aromatic nitrogens is 3. The molecule has 0 spiro atoms. The number of para-hydroxylation sites is 1. The van der Waals surface area contributed by atoms with Gasteiger partial charge in [-0.05, 0) is 49.1 Å². The Labute approximate surface area is 175 Å². The van der Waals surface area contributed by atoms with Crippen LogP contribution in [-0.4, -0.2) is 20.1 Å². The summed E-state index contributed by atoms with van der Waals surface area (Å²) < 4.78 is 1.75. The highest BCUT2D eigenvalue weighted by atomic mass is 16.3. The SMILES string of the molecule is CCCCCCCCCCCCc1cc(C)cc(-n2nnc3ccccc32)c1O. The minimum atomic E-state index is 0.335. The predicted molar refractivity (Wildman–Crippen MR) is 121 cm³/mol. The summed E-state index contributed by atoms with van der Waals surface area (Å²) in [4.78, 5) is 0. The Morgan fingerprint density at radius 2 is 1.52 bits per heavy atom. The van der Waals surface area contributed by atoms with Crippen LogP contribution >= 0.6 is 0 Å². The minimum absolute atomic E-state index is 0.335. The van der Waals surface area contributed by atoms with Crippen LogP contribution in [0.25, 0.3) is 16.7 Å². The molecule has 3 aromatic rings. The van der Waals surface area contributed by atoms with Gasteiger partial charge in [0.15, 0.2) is 0 Å². The number of phenolic OH excluding ortho intramolecular Hbond substituents is 1. The van der Waals surface area contributed by atoms with E-state index >= 15 is 0 Å². The topological polar surface area (TPSA) is 50.9 Å². The molecule has 0 fully saturated rings.